The lowest BCUT2D eigenvalue weighted by molar-refractivity contribution is 0.224. The van der Waals surface area contributed by atoms with Crippen molar-refractivity contribution in [3.63, 3.8) is 0 Å². The van der Waals surface area contributed by atoms with E-state index in [1.807, 2.05) is 10.3 Å². The number of rotatable bonds is 5. The molecule has 8 heteroatoms. The van der Waals surface area contributed by atoms with Crippen LogP contribution in [0.1, 0.15) is 11.4 Å². The molecule has 0 spiro atoms. The molecule has 3 heterocycles. The van der Waals surface area contributed by atoms with Crippen LogP contribution in [0.2, 0.25) is 0 Å². The second-order valence-corrected chi connectivity index (χ2v) is 6.37. The normalized spacial score (nSPS) is 21.3. The van der Waals surface area contributed by atoms with Crippen molar-refractivity contribution >= 4 is 23.2 Å². The van der Waals surface area contributed by atoms with Gasteiger partial charge >= 0.3 is 6.03 Å². The van der Waals surface area contributed by atoms with E-state index >= 15 is 0 Å². The number of alkyl halides is 1. The number of aromatic nitrogens is 2. The van der Waals surface area contributed by atoms with E-state index in [9.17, 15) is 9.18 Å². The molecule has 6 nitrogen and oxygen atoms in total. The number of amides is 2. The van der Waals surface area contributed by atoms with Crippen LogP contribution in [-0.4, -0.2) is 46.2 Å². The number of likely N-dealkylation sites (tertiary alicyclic amines) is 1. The summed E-state index contributed by atoms with van der Waals surface area (Å²) in [6, 6.07) is 4.92. The van der Waals surface area contributed by atoms with Gasteiger partial charge in [0.2, 0.25) is 0 Å². The summed E-state index contributed by atoms with van der Waals surface area (Å²) in [7, 11) is 0. The Balaban J connectivity index is 1.50. The third-order valence-electron chi connectivity index (χ3n) is 3.70. The fourth-order valence-corrected chi connectivity index (χ4v) is 3.28. The van der Waals surface area contributed by atoms with E-state index in [1.54, 1.807) is 41.9 Å². The average Bonchev–Trinajstić information content (AvgIpc) is 3.16. The summed E-state index contributed by atoms with van der Waals surface area (Å²) in [4.78, 5) is 22.2. The fraction of sp³-hybridized carbons (Fsp3) is 0.400. The molecular weight excluding hydrogens is 317 g/mol. The molecule has 1 fully saturated rings. The predicted octanol–water partition coefficient (Wildman–Crippen LogP) is 2.27. The van der Waals surface area contributed by atoms with Crippen molar-refractivity contribution in [1.82, 2.24) is 20.2 Å². The minimum absolute atomic E-state index is 0.0246. The molecule has 2 N–H and O–H groups in total. The second-order valence-electron chi connectivity index (χ2n) is 5.39. The Morgan fingerprint density at radius 1 is 1.39 bits per heavy atom. The first-order chi connectivity index (χ1) is 11.2. The molecule has 0 bridgehead atoms. The van der Waals surface area contributed by atoms with Gasteiger partial charge in [-0.15, -0.1) is 11.3 Å². The van der Waals surface area contributed by atoms with E-state index in [-0.39, 0.29) is 12.1 Å². The smallest absolute Gasteiger partial charge is 0.320 e. The largest absolute Gasteiger partial charge is 0.336 e. The Kier molecular flexibility index (Phi) is 5.14. The van der Waals surface area contributed by atoms with Crippen LogP contribution in [-0.2, 0) is 6.54 Å². The van der Waals surface area contributed by atoms with Crippen molar-refractivity contribution in [3.8, 4) is 0 Å². The van der Waals surface area contributed by atoms with Crippen molar-refractivity contribution in [2.75, 3.05) is 18.4 Å². The first-order valence-electron chi connectivity index (χ1n) is 7.43. The number of pyridine rings is 1. The predicted molar refractivity (Wildman–Crippen MR) is 87.1 cm³/mol. The molecule has 0 radical (unpaired) electrons. The number of thiazole rings is 1. The molecule has 2 aromatic heterocycles. The Morgan fingerprint density at radius 3 is 3.04 bits per heavy atom. The molecule has 3 rings (SSSR count). The third-order valence-corrected chi connectivity index (χ3v) is 4.47. The zero-order valence-electron chi connectivity index (χ0n) is 12.5. The first kappa shape index (κ1) is 15.8. The van der Waals surface area contributed by atoms with E-state index in [2.05, 4.69) is 20.6 Å². The molecule has 1 aliphatic heterocycles. The summed E-state index contributed by atoms with van der Waals surface area (Å²) in [6.45, 7) is 1.39. The van der Waals surface area contributed by atoms with E-state index in [1.165, 1.54) is 0 Å². The number of hydrogen-bond donors (Lipinski definition) is 2. The van der Waals surface area contributed by atoms with Crippen LogP contribution in [0.15, 0.2) is 36.0 Å². The molecule has 0 aliphatic carbocycles. The summed E-state index contributed by atoms with van der Waals surface area (Å²) in [6.07, 6.45) is 2.92. The van der Waals surface area contributed by atoms with Gasteiger partial charge in [-0.05, 0) is 18.6 Å². The zero-order chi connectivity index (χ0) is 16.1. The number of carbonyl (C=O) groups is 1. The quantitative estimate of drug-likeness (QED) is 0.879. The van der Waals surface area contributed by atoms with Crippen molar-refractivity contribution in [2.45, 2.75) is 25.2 Å². The molecule has 1 aliphatic rings. The van der Waals surface area contributed by atoms with Crippen LogP contribution >= 0.6 is 11.3 Å². The minimum atomic E-state index is -0.861. The van der Waals surface area contributed by atoms with E-state index in [0.29, 0.717) is 31.9 Å². The molecule has 23 heavy (non-hydrogen) atoms. The van der Waals surface area contributed by atoms with Gasteiger partial charge in [-0.2, -0.15) is 0 Å². The van der Waals surface area contributed by atoms with Gasteiger partial charge in [-0.3, -0.25) is 10.2 Å². The maximum Gasteiger partial charge on any atom is 0.320 e. The van der Waals surface area contributed by atoms with Crippen LogP contribution in [0.5, 0.6) is 0 Å². The van der Waals surface area contributed by atoms with Gasteiger partial charge in [0.15, 0.2) is 0 Å². The number of nitrogens with zero attached hydrogens (tertiary/aromatic N) is 3. The lowest BCUT2D eigenvalue weighted by atomic mass is 10.2. The van der Waals surface area contributed by atoms with Gasteiger partial charge in [-0.1, -0.05) is 6.07 Å². The molecule has 0 aromatic carbocycles. The topological polar surface area (TPSA) is 70.2 Å². The molecule has 0 saturated carbocycles. The average molecular weight is 335 g/mol. The van der Waals surface area contributed by atoms with Crippen LogP contribution in [0.4, 0.5) is 15.0 Å². The maximum absolute atomic E-state index is 13.7. The van der Waals surface area contributed by atoms with Crippen LogP contribution in [0, 0.1) is 0 Å². The fourth-order valence-electron chi connectivity index (χ4n) is 2.64. The molecule has 2 amide bonds. The summed E-state index contributed by atoms with van der Waals surface area (Å²) in [5, 5.41) is 8.31. The summed E-state index contributed by atoms with van der Waals surface area (Å²) >= 11 is 1.56. The number of halogens is 1. The first-order valence-corrected chi connectivity index (χ1v) is 8.31. The standard InChI is InChI=1S/C15H18FN5OS/c16-11-7-12(21(9-11)10-14-18-5-6-23-14)8-19-15(22)20-13-3-1-2-4-17-13/h1-6,11-12H,7-10H2,(H2,17,19,20,22)/t11-,12-/m0/s1. The Hall–Kier alpha value is -2.06. The van der Waals surface area contributed by atoms with Gasteiger partial charge in [0.25, 0.3) is 0 Å². The van der Waals surface area contributed by atoms with E-state index in [0.717, 1.165) is 5.01 Å². The summed E-state index contributed by atoms with van der Waals surface area (Å²) in [5.41, 5.74) is 0. The molecule has 2 atom stereocenters. The van der Waals surface area contributed by atoms with Gasteiger partial charge in [-0.25, -0.2) is 19.2 Å². The third kappa shape index (κ3) is 4.46. The molecule has 122 valence electrons. The molecule has 0 unspecified atom stereocenters. The lowest BCUT2D eigenvalue weighted by Gasteiger charge is -2.23. The molecular formula is C15H18FN5OS. The van der Waals surface area contributed by atoms with Crippen molar-refractivity contribution in [2.24, 2.45) is 0 Å². The number of nitrogens with one attached hydrogen (secondary N) is 2. The van der Waals surface area contributed by atoms with E-state index < -0.39 is 6.17 Å². The lowest BCUT2D eigenvalue weighted by Crippen LogP contribution is -2.41. The Bertz CT molecular complexity index is 624. The van der Waals surface area contributed by atoms with Crippen LogP contribution in [0.3, 0.4) is 0 Å². The maximum atomic E-state index is 13.7. The van der Waals surface area contributed by atoms with Crippen LogP contribution < -0.4 is 10.6 Å². The highest BCUT2D eigenvalue weighted by atomic mass is 32.1. The van der Waals surface area contributed by atoms with Crippen LogP contribution in [0.25, 0.3) is 0 Å². The number of anilines is 1. The van der Waals surface area contributed by atoms with Gasteiger partial charge in [0, 0.05) is 36.9 Å². The van der Waals surface area contributed by atoms with Gasteiger partial charge < -0.3 is 5.32 Å². The molecule has 1 saturated heterocycles. The highest BCUT2D eigenvalue weighted by Crippen LogP contribution is 2.22. The number of urea groups is 1. The van der Waals surface area contributed by atoms with Gasteiger partial charge in [0.1, 0.15) is 17.0 Å². The zero-order valence-corrected chi connectivity index (χ0v) is 13.3. The number of carbonyl (C=O) groups excluding carboxylic acids is 1. The van der Waals surface area contributed by atoms with Crippen molar-refractivity contribution in [1.29, 1.82) is 0 Å². The summed E-state index contributed by atoms with van der Waals surface area (Å²) < 4.78 is 13.7. The second kappa shape index (κ2) is 7.47. The number of hydrogen-bond acceptors (Lipinski definition) is 5. The Morgan fingerprint density at radius 2 is 2.30 bits per heavy atom. The Labute approximate surface area is 137 Å². The SMILES string of the molecule is O=C(NC[C@@H]1C[C@H](F)CN1Cc1nccs1)Nc1ccccn1. The summed E-state index contributed by atoms with van der Waals surface area (Å²) in [5.74, 6) is 0.486. The van der Waals surface area contributed by atoms with Crippen molar-refractivity contribution in [3.05, 3.63) is 41.0 Å². The highest BCUT2D eigenvalue weighted by molar-refractivity contribution is 7.09. The molecule has 2 aromatic rings. The minimum Gasteiger partial charge on any atom is -0.336 e. The highest BCUT2D eigenvalue weighted by Gasteiger charge is 2.32. The van der Waals surface area contributed by atoms with E-state index in [4.69, 9.17) is 0 Å². The monoisotopic (exact) mass is 335 g/mol. The van der Waals surface area contributed by atoms with Gasteiger partial charge in [0.05, 0.1) is 6.54 Å². The van der Waals surface area contributed by atoms with Crippen molar-refractivity contribution < 1.29 is 9.18 Å².